The van der Waals surface area contributed by atoms with Crippen LogP contribution in [0.15, 0.2) is 48.5 Å². The Balaban J connectivity index is 0.000000355. The molecule has 1 N–H and O–H groups in total. The van der Waals surface area contributed by atoms with Crippen molar-refractivity contribution in [1.29, 1.82) is 0 Å². The minimum atomic E-state index is -7.22. The van der Waals surface area contributed by atoms with Gasteiger partial charge < -0.3 is 5.11 Å². The fraction of sp³-hybridized carbons (Fsp3) is 0.0769. The quantitative estimate of drug-likeness (QED) is 0.0404. The molecule has 0 radical (unpaired) electrons. The fourth-order valence-electron chi connectivity index (χ4n) is 6.62. The molecule has 0 saturated heterocycles. The van der Waals surface area contributed by atoms with Crippen LogP contribution in [0.3, 0.4) is 0 Å². The lowest BCUT2D eigenvalue weighted by atomic mass is 9.12. The summed E-state index contributed by atoms with van der Waals surface area (Å²) in [5, 5.41) is 9.34. The van der Waals surface area contributed by atoms with E-state index in [9.17, 15) is 57.8 Å². The van der Waals surface area contributed by atoms with E-state index < -0.39 is 144 Å². The molecule has 0 amide bonds. The highest BCUT2D eigenvalue weighted by Crippen LogP contribution is 2.31. The number of rotatable bonds is 8. The number of aryl methyl sites for hydroxylation is 1. The molecule has 0 heterocycles. The van der Waals surface area contributed by atoms with E-state index in [2.05, 4.69) is 24.3 Å². The van der Waals surface area contributed by atoms with Crippen LogP contribution in [0.5, 0.6) is 5.75 Å². The number of phenols is 1. The molecule has 0 aromatic heterocycles. The Morgan fingerprint density at radius 1 is 0.371 bits per heavy atom. The zero-order valence-electron chi connectivity index (χ0n) is 30.1. The van der Waals surface area contributed by atoms with Gasteiger partial charge in [-0.05, 0) is 36.4 Å². The number of hydrogen-bond donors (Lipinski definition) is 1. The lowest BCUT2D eigenvalue weighted by Gasteiger charge is -2.44. The van der Waals surface area contributed by atoms with Crippen molar-refractivity contribution in [2.75, 3.05) is 0 Å². The molecule has 328 valence electrons. The molecule has 0 spiro atoms. The van der Waals surface area contributed by atoms with Crippen LogP contribution in [-0.2, 0) is 23.3 Å². The molecule has 62 heavy (non-hydrogen) atoms. The summed E-state index contributed by atoms with van der Waals surface area (Å²) in [7, 11) is 0. The third-order valence-corrected chi connectivity index (χ3v) is 10.6. The van der Waals surface area contributed by atoms with Crippen LogP contribution in [0.1, 0.15) is 16.7 Å². The molecule has 0 fully saturated rings. The van der Waals surface area contributed by atoms with Crippen LogP contribution in [0.4, 0.5) is 87.8 Å². The molecule has 0 saturated carbocycles. The Morgan fingerprint density at radius 3 is 0.919 bits per heavy atom. The van der Waals surface area contributed by atoms with E-state index in [1.807, 2.05) is 25.1 Å². The third kappa shape index (κ3) is 7.67. The number of hydrogen-bond acceptors (Lipinski definition) is 1. The largest absolute Gasteiger partial charge is 0.508 e. The first-order chi connectivity index (χ1) is 29.0. The van der Waals surface area contributed by atoms with Crippen LogP contribution < -0.4 is 21.9 Å². The molecule has 6 aromatic carbocycles. The Kier molecular flexibility index (Phi) is 13.6. The lowest BCUT2D eigenvalue weighted by Crippen LogP contribution is -2.81. The number of halogens is 20. The second-order valence-electron chi connectivity index (χ2n) is 12.9. The van der Waals surface area contributed by atoms with Gasteiger partial charge in [-0.2, -0.15) is 0 Å². The van der Waals surface area contributed by atoms with Crippen molar-refractivity contribution in [3.8, 4) is 5.75 Å². The maximum atomic E-state index is 15.4. The predicted molar refractivity (Wildman–Crippen MR) is 185 cm³/mol. The van der Waals surface area contributed by atoms with Crippen molar-refractivity contribution in [1.82, 2.24) is 0 Å². The monoisotopic (exact) mass is 924 g/mol. The van der Waals surface area contributed by atoms with Crippen molar-refractivity contribution < 1.29 is 92.9 Å². The van der Waals surface area contributed by atoms with Crippen LogP contribution in [0, 0.1) is 123 Å². The van der Waals surface area contributed by atoms with Gasteiger partial charge in [-0.25, -0.2) is 87.8 Å². The number of benzene rings is 6. The summed E-state index contributed by atoms with van der Waals surface area (Å²) in [5.74, 6) is -68.9. The molecule has 0 unspecified atom stereocenters. The Bertz CT molecular complexity index is 2370. The summed E-state index contributed by atoms with van der Waals surface area (Å²) in [6, 6.07) is 16.1. The van der Waals surface area contributed by atoms with E-state index in [0.717, 1.165) is 11.5 Å². The standard InChI is InChI=1S/C24BF20.C15H16OS/c26-5-1(6(27)14(35)21(42)13(5)34)25(2-7(28)15(36)22(43)16(37)8(2)29,3-9(30)17(38)23(44)18(39)10(3)31)4-11(32)19(40)24(45)20(41)12(4)33;1-12-9-15(16)8-7-14(12)11-17-10-13-5-3-2-4-6-13/h;2-9,16H,10-11H2,1H3/q-1;/p+1. The first-order valence-electron chi connectivity index (χ1n) is 16.6. The van der Waals surface area contributed by atoms with Crippen LogP contribution in [0.25, 0.3) is 0 Å². The number of thiol groups is 1. The molecular weight excluding hydrogens is 907 g/mol. The Labute approximate surface area is 338 Å². The van der Waals surface area contributed by atoms with Crippen LogP contribution in [-0.4, -0.2) is 11.3 Å². The maximum Gasteiger partial charge on any atom is 0.200 e. The SMILES string of the molecule is Cc1cc(O)ccc1C[SH+]Cc1ccccc1.Fc1c(F)c(F)c([B-](c2c(F)c(F)c(F)c(F)c2F)(c2c(F)c(F)c(F)c(F)c2F)c2c(F)c(F)c(F)c(F)c2F)c(F)c1F. The van der Waals surface area contributed by atoms with Gasteiger partial charge >= 0.3 is 0 Å². The first-order valence-corrected chi connectivity index (χ1v) is 17.9. The highest BCUT2D eigenvalue weighted by Gasteiger charge is 2.52. The summed E-state index contributed by atoms with van der Waals surface area (Å²) in [6.45, 7) is 2.05. The summed E-state index contributed by atoms with van der Waals surface area (Å²) in [6.07, 6.45) is -7.22. The summed E-state index contributed by atoms with van der Waals surface area (Å²) >= 11 is 1.40. The molecule has 0 aliphatic rings. The maximum absolute atomic E-state index is 15.4. The normalized spacial score (nSPS) is 11.6. The first kappa shape index (κ1) is 47.2. The van der Waals surface area contributed by atoms with Gasteiger partial charge in [-0.1, -0.05) is 36.4 Å². The smallest absolute Gasteiger partial charge is 0.200 e. The summed E-state index contributed by atoms with van der Waals surface area (Å²) < 4.78 is 294. The van der Waals surface area contributed by atoms with E-state index in [4.69, 9.17) is 0 Å². The highest BCUT2D eigenvalue weighted by molar-refractivity contribution is 7.76. The van der Waals surface area contributed by atoms with Crippen molar-refractivity contribution in [3.63, 3.8) is 0 Å². The van der Waals surface area contributed by atoms with Gasteiger partial charge in [0, 0.05) is 11.1 Å². The Hall–Kier alpha value is -5.87. The van der Waals surface area contributed by atoms with Crippen molar-refractivity contribution in [2.45, 2.75) is 18.4 Å². The molecule has 6 rings (SSSR count). The van der Waals surface area contributed by atoms with E-state index >= 15 is 35.1 Å². The second-order valence-corrected chi connectivity index (χ2v) is 14.0. The van der Waals surface area contributed by atoms with Gasteiger partial charge in [0.25, 0.3) is 0 Å². The van der Waals surface area contributed by atoms with Crippen molar-refractivity contribution in [2.24, 2.45) is 0 Å². The minimum Gasteiger partial charge on any atom is -0.508 e. The molecule has 23 heteroatoms. The summed E-state index contributed by atoms with van der Waals surface area (Å²) in [4.78, 5) is 0. The van der Waals surface area contributed by atoms with Gasteiger partial charge in [0.15, 0.2) is 69.8 Å². The topological polar surface area (TPSA) is 20.2 Å². The molecule has 0 aliphatic heterocycles. The average Bonchev–Trinajstić information content (AvgIpc) is 3.25. The number of phenolic OH excluding ortho intramolecular Hbond substituents is 1. The van der Waals surface area contributed by atoms with Gasteiger partial charge in [0.05, 0.1) is 0 Å². The summed E-state index contributed by atoms with van der Waals surface area (Å²) in [5.41, 5.74) is -10.5. The third-order valence-electron chi connectivity index (χ3n) is 9.45. The van der Waals surface area contributed by atoms with Crippen molar-refractivity contribution >= 4 is 39.8 Å². The van der Waals surface area contributed by atoms with Gasteiger partial charge in [-0.15, -0.1) is 21.9 Å². The Morgan fingerprint density at radius 2 is 0.645 bits per heavy atom. The molecule has 0 bridgehead atoms. The average molecular weight is 924 g/mol. The highest BCUT2D eigenvalue weighted by atomic mass is 32.2. The molecule has 0 atom stereocenters. The van der Waals surface area contributed by atoms with E-state index in [1.165, 1.54) is 28.5 Å². The van der Waals surface area contributed by atoms with E-state index in [0.29, 0.717) is 5.75 Å². The van der Waals surface area contributed by atoms with Gasteiger partial charge in [0.2, 0.25) is 0 Å². The molecular formula is C39H17BF20OS. The zero-order valence-corrected chi connectivity index (χ0v) is 31.0. The molecule has 0 aliphatic carbocycles. The fourth-order valence-corrected chi connectivity index (χ4v) is 7.80. The number of aromatic hydroxyl groups is 1. The minimum absolute atomic E-state index is 0.353. The van der Waals surface area contributed by atoms with Crippen LogP contribution in [0.2, 0.25) is 0 Å². The van der Waals surface area contributed by atoms with Gasteiger partial charge in [0.1, 0.15) is 69.9 Å². The van der Waals surface area contributed by atoms with Crippen molar-refractivity contribution in [3.05, 3.63) is 182 Å². The zero-order chi connectivity index (χ0) is 46.4. The van der Waals surface area contributed by atoms with Gasteiger partial charge in [-0.3, -0.25) is 0 Å². The van der Waals surface area contributed by atoms with E-state index in [-0.39, 0.29) is 0 Å². The van der Waals surface area contributed by atoms with E-state index in [1.54, 1.807) is 6.07 Å². The molecule has 6 aromatic rings. The van der Waals surface area contributed by atoms with Crippen LogP contribution >= 0.6 is 0 Å². The lowest BCUT2D eigenvalue weighted by molar-refractivity contribution is 0.378. The second kappa shape index (κ2) is 17.9. The molecule has 1 nitrogen and oxygen atoms in total. The predicted octanol–water partition coefficient (Wildman–Crippen LogP) is 9.06.